The maximum atomic E-state index is 14.2. The van der Waals surface area contributed by atoms with Gasteiger partial charge in [-0.25, -0.2) is 4.39 Å². The highest BCUT2D eigenvalue weighted by atomic mass is 19.1. The normalized spacial score (nSPS) is 20.2. The Hall–Kier alpha value is -1.99. The molecule has 1 aromatic heterocycles. The Morgan fingerprint density at radius 1 is 1.04 bits per heavy atom. The van der Waals surface area contributed by atoms with Crippen LogP contribution in [-0.2, 0) is 0 Å². The van der Waals surface area contributed by atoms with Crippen LogP contribution in [0.4, 0.5) is 10.4 Å². The Labute approximate surface area is 166 Å². The van der Waals surface area contributed by atoms with Gasteiger partial charge in [0, 0.05) is 51.4 Å². The van der Waals surface area contributed by atoms with Gasteiger partial charge in [0.1, 0.15) is 5.82 Å². The molecule has 2 aliphatic heterocycles. The van der Waals surface area contributed by atoms with Gasteiger partial charge < -0.3 is 9.32 Å². The van der Waals surface area contributed by atoms with E-state index in [1.807, 2.05) is 13.0 Å². The van der Waals surface area contributed by atoms with Crippen LogP contribution in [0.2, 0.25) is 0 Å². The maximum Gasteiger partial charge on any atom is 0.318 e. The van der Waals surface area contributed by atoms with Gasteiger partial charge in [0.2, 0.25) is 0 Å². The minimum atomic E-state index is -0.325. The predicted molar refractivity (Wildman–Crippen MR) is 108 cm³/mol. The van der Waals surface area contributed by atoms with Crippen molar-refractivity contribution in [2.24, 2.45) is 0 Å². The fraction of sp³-hybridized carbons (Fsp3) is 0.619. The molecule has 0 unspecified atom stereocenters. The molecule has 0 radical (unpaired) electrons. The van der Waals surface area contributed by atoms with Crippen LogP contribution in [0.3, 0.4) is 0 Å². The van der Waals surface area contributed by atoms with Crippen LogP contribution in [-0.4, -0.2) is 71.3 Å². The summed E-state index contributed by atoms with van der Waals surface area (Å²) < 4.78 is 20.0. The van der Waals surface area contributed by atoms with E-state index in [0.29, 0.717) is 23.7 Å². The number of nitrogens with zero attached hydrogens (tertiary/aromatic N) is 5. The van der Waals surface area contributed by atoms with Crippen molar-refractivity contribution in [3.8, 4) is 11.5 Å². The Kier molecular flexibility index (Phi) is 5.64. The Bertz CT molecular complexity index is 792. The Morgan fingerprint density at radius 3 is 2.39 bits per heavy atom. The lowest BCUT2D eigenvalue weighted by atomic mass is 10.0. The van der Waals surface area contributed by atoms with Crippen molar-refractivity contribution in [1.29, 1.82) is 0 Å². The van der Waals surface area contributed by atoms with Gasteiger partial charge in [0.25, 0.3) is 5.89 Å². The summed E-state index contributed by atoms with van der Waals surface area (Å²) in [5.74, 6) is -0.0751. The van der Waals surface area contributed by atoms with E-state index >= 15 is 0 Å². The van der Waals surface area contributed by atoms with Gasteiger partial charge in [-0.1, -0.05) is 11.2 Å². The molecule has 6 nitrogen and oxygen atoms in total. The first-order valence-corrected chi connectivity index (χ1v) is 10.3. The summed E-state index contributed by atoms with van der Waals surface area (Å²) >= 11 is 0. The monoisotopic (exact) mass is 387 g/mol. The van der Waals surface area contributed by atoms with Gasteiger partial charge in [-0.15, -0.1) is 5.10 Å². The fourth-order valence-corrected chi connectivity index (χ4v) is 4.29. The summed E-state index contributed by atoms with van der Waals surface area (Å²) in [4.78, 5) is 7.32. The van der Waals surface area contributed by atoms with Crippen LogP contribution in [0.1, 0.15) is 32.3 Å². The molecule has 0 amide bonds. The lowest BCUT2D eigenvalue weighted by molar-refractivity contribution is 0.0689. The SMILES string of the molecule is Cc1ccc(-c2nnc(N3CCC(N4CCN(C(C)C)CC4)CC3)o2)c(F)c1. The van der Waals surface area contributed by atoms with E-state index in [1.165, 1.54) is 6.07 Å². The molecule has 0 spiro atoms. The highest BCUT2D eigenvalue weighted by Crippen LogP contribution is 2.27. The van der Waals surface area contributed by atoms with Crippen LogP contribution >= 0.6 is 0 Å². The van der Waals surface area contributed by atoms with Crippen molar-refractivity contribution in [2.45, 2.75) is 45.7 Å². The average Bonchev–Trinajstić information content (AvgIpc) is 3.18. The molecule has 1 aromatic carbocycles. The summed E-state index contributed by atoms with van der Waals surface area (Å²) in [5, 5.41) is 8.24. The molecule has 0 N–H and O–H groups in total. The quantitative estimate of drug-likeness (QED) is 0.803. The third-order valence-corrected chi connectivity index (χ3v) is 6.10. The predicted octanol–water partition coefficient (Wildman–Crippen LogP) is 3.18. The van der Waals surface area contributed by atoms with Gasteiger partial charge in [0.15, 0.2) is 0 Å². The highest BCUT2D eigenvalue weighted by Gasteiger charge is 2.29. The van der Waals surface area contributed by atoms with Crippen LogP contribution in [0.5, 0.6) is 0 Å². The largest absolute Gasteiger partial charge is 0.403 e. The lowest BCUT2D eigenvalue weighted by Gasteiger charge is -2.43. The first-order chi connectivity index (χ1) is 13.5. The molecule has 2 aliphatic rings. The molecule has 0 atom stereocenters. The molecule has 2 fully saturated rings. The summed E-state index contributed by atoms with van der Waals surface area (Å²) in [7, 11) is 0. The first-order valence-electron chi connectivity index (χ1n) is 10.3. The second-order valence-electron chi connectivity index (χ2n) is 8.26. The molecular weight excluding hydrogens is 357 g/mol. The van der Waals surface area contributed by atoms with Crippen molar-refractivity contribution in [1.82, 2.24) is 20.0 Å². The van der Waals surface area contributed by atoms with E-state index in [9.17, 15) is 4.39 Å². The molecule has 152 valence electrons. The number of hydrogen-bond donors (Lipinski definition) is 0. The van der Waals surface area contributed by atoms with Crippen molar-refractivity contribution >= 4 is 6.01 Å². The number of piperazine rings is 1. The number of aromatic nitrogens is 2. The van der Waals surface area contributed by atoms with Gasteiger partial charge >= 0.3 is 6.01 Å². The van der Waals surface area contributed by atoms with Crippen molar-refractivity contribution in [2.75, 3.05) is 44.2 Å². The zero-order valence-electron chi connectivity index (χ0n) is 17.1. The summed E-state index contributed by atoms with van der Waals surface area (Å²) in [6.07, 6.45) is 2.19. The highest BCUT2D eigenvalue weighted by molar-refractivity contribution is 5.55. The molecular formula is C21H30FN5O. The molecule has 2 aromatic rings. The van der Waals surface area contributed by atoms with Gasteiger partial charge in [-0.2, -0.15) is 0 Å². The van der Waals surface area contributed by atoms with Crippen LogP contribution in [0, 0.1) is 12.7 Å². The third kappa shape index (κ3) is 4.05. The zero-order chi connectivity index (χ0) is 19.7. The molecule has 4 rings (SSSR count). The molecule has 0 aliphatic carbocycles. The molecule has 2 saturated heterocycles. The number of aryl methyl sites for hydroxylation is 1. The number of anilines is 1. The van der Waals surface area contributed by atoms with E-state index in [1.54, 1.807) is 6.07 Å². The van der Waals surface area contributed by atoms with Gasteiger partial charge in [-0.3, -0.25) is 9.80 Å². The van der Waals surface area contributed by atoms with E-state index in [0.717, 1.165) is 57.7 Å². The maximum absolute atomic E-state index is 14.2. The van der Waals surface area contributed by atoms with E-state index in [2.05, 4.69) is 38.7 Å². The number of rotatable bonds is 4. The van der Waals surface area contributed by atoms with Crippen molar-refractivity contribution in [3.05, 3.63) is 29.6 Å². The molecule has 28 heavy (non-hydrogen) atoms. The molecule has 7 heteroatoms. The summed E-state index contributed by atoms with van der Waals surface area (Å²) in [5.41, 5.74) is 1.24. The molecule has 0 saturated carbocycles. The number of piperidine rings is 1. The van der Waals surface area contributed by atoms with E-state index in [4.69, 9.17) is 4.42 Å². The lowest BCUT2D eigenvalue weighted by Crippen LogP contribution is -2.54. The second kappa shape index (κ2) is 8.17. The van der Waals surface area contributed by atoms with Crippen molar-refractivity contribution in [3.63, 3.8) is 0 Å². The van der Waals surface area contributed by atoms with Crippen LogP contribution in [0.15, 0.2) is 22.6 Å². The molecule has 0 bridgehead atoms. The molecule has 3 heterocycles. The van der Waals surface area contributed by atoms with Crippen LogP contribution in [0.25, 0.3) is 11.5 Å². The Balaban J connectivity index is 1.34. The van der Waals surface area contributed by atoms with E-state index in [-0.39, 0.29) is 11.7 Å². The Morgan fingerprint density at radius 2 is 1.75 bits per heavy atom. The number of hydrogen-bond acceptors (Lipinski definition) is 6. The minimum absolute atomic E-state index is 0.249. The fourth-order valence-electron chi connectivity index (χ4n) is 4.29. The zero-order valence-corrected chi connectivity index (χ0v) is 17.1. The number of halogens is 1. The van der Waals surface area contributed by atoms with Gasteiger partial charge in [0.05, 0.1) is 5.56 Å². The summed E-state index contributed by atoms with van der Waals surface area (Å²) in [6, 6.07) is 6.80. The first kappa shape index (κ1) is 19.3. The standard InChI is InChI=1S/C21H30FN5O/c1-15(2)25-10-12-26(13-11-25)17-6-8-27(9-7-17)21-24-23-20(28-21)18-5-4-16(3)14-19(18)22/h4-5,14-15,17H,6-13H2,1-3H3. The van der Waals surface area contributed by atoms with Crippen LogP contribution < -0.4 is 4.90 Å². The van der Waals surface area contributed by atoms with E-state index < -0.39 is 0 Å². The van der Waals surface area contributed by atoms with Crippen molar-refractivity contribution < 1.29 is 8.81 Å². The second-order valence-corrected chi connectivity index (χ2v) is 8.26. The number of benzene rings is 1. The average molecular weight is 388 g/mol. The minimum Gasteiger partial charge on any atom is -0.403 e. The smallest absolute Gasteiger partial charge is 0.318 e. The topological polar surface area (TPSA) is 48.6 Å². The summed E-state index contributed by atoms with van der Waals surface area (Å²) in [6.45, 7) is 12.8. The third-order valence-electron chi connectivity index (χ3n) is 6.10. The van der Waals surface area contributed by atoms with Gasteiger partial charge in [-0.05, 0) is 51.3 Å².